The molecular formula is C23H17F3N2O4. The molecule has 164 valence electrons. The van der Waals surface area contributed by atoms with E-state index in [2.05, 4.69) is 4.90 Å². The van der Waals surface area contributed by atoms with Crippen LogP contribution in [0, 0.1) is 27.6 Å². The molecule has 1 unspecified atom stereocenters. The maximum Gasteiger partial charge on any atom is 0.291 e. The van der Waals surface area contributed by atoms with Gasteiger partial charge in [0.1, 0.15) is 11.6 Å². The summed E-state index contributed by atoms with van der Waals surface area (Å²) in [5, 5.41) is 13.3. The van der Waals surface area contributed by atoms with E-state index >= 15 is 0 Å². The van der Waals surface area contributed by atoms with Crippen molar-refractivity contribution in [1.82, 2.24) is 0 Å². The molecule has 2 heterocycles. The van der Waals surface area contributed by atoms with Crippen LogP contribution in [0.1, 0.15) is 17.2 Å². The normalized spacial score (nSPS) is 18.2. The molecular weight excluding hydrogens is 425 g/mol. The van der Waals surface area contributed by atoms with Gasteiger partial charge in [-0.2, -0.15) is 0 Å². The summed E-state index contributed by atoms with van der Waals surface area (Å²) >= 11 is 0. The van der Waals surface area contributed by atoms with Gasteiger partial charge in [-0.05, 0) is 12.1 Å². The van der Waals surface area contributed by atoms with Gasteiger partial charge in [0.2, 0.25) is 6.10 Å². The third-order valence-electron chi connectivity index (χ3n) is 5.69. The second-order valence-corrected chi connectivity index (χ2v) is 7.57. The third-order valence-corrected chi connectivity index (χ3v) is 5.69. The highest BCUT2D eigenvalue weighted by molar-refractivity contribution is 6.01. The second-order valence-electron chi connectivity index (χ2n) is 7.57. The lowest BCUT2D eigenvalue weighted by Gasteiger charge is -2.32. The Kier molecular flexibility index (Phi) is 4.97. The van der Waals surface area contributed by atoms with E-state index in [-0.39, 0.29) is 0 Å². The zero-order valence-corrected chi connectivity index (χ0v) is 16.7. The van der Waals surface area contributed by atoms with Crippen molar-refractivity contribution in [3.8, 4) is 5.75 Å². The monoisotopic (exact) mass is 442 g/mol. The standard InChI is InChI=1S/C23H17F3N2O4/c24-17-12-19(26)18(25)11-16(17)23-21(28(29)30)10-13-9-20(27-5-7-31-8-6-27)14-3-1-2-4-15(14)22(13)32-23/h1-4,9-12,23H,5-8H2. The molecule has 0 aliphatic carbocycles. The molecule has 0 N–H and O–H groups in total. The van der Waals surface area contributed by atoms with Crippen LogP contribution >= 0.6 is 0 Å². The van der Waals surface area contributed by atoms with E-state index in [9.17, 15) is 23.3 Å². The topological polar surface area (TPSA) is 64.8 Å². The highest BCUT2D eigenvalue weighted by Crippen LogP contribution is 2.45. The van der Waals surface area contributed by atoms with Crippen LogP contribution in [0.25, 0.3) is 16.8 Å². The molecule has 3 aromatic rings. The predicted octanol–water partition coefficient (Wildman–Crippen LogP) is 4.85. The summed E-state index contributed by atoms with van der Waals surface area (Å²) in [5.74, 6) is -3.50. The number of morpholine rings is 1. The summed E-state index contributed by atoms with van der Waals surface area (Å²) in [6.45, 7) is 2.46. The van der Waals surface area contributed by atoms with Gasteiger partial charge in [-0.1, -0.05) is 24.3 Å². The Morgan fingerprint density at radius 3 is 2.38 bits per heavy atom. The average molecular weight is 442 g/mol. The van der Waals surface area contributed by atoms with Gasteiger partial charge in [0.25, 0.3) is 5.70 Å². The average Bonchev–Trinajstić information content (AvgIpc) is 2.80. The molecule has 0 bridgehead atoms. The van der Waals surface area contributed by atoms with Crippen molar-refractivity contribution >= 4 is 22.5 Å². The number of fused-ring (bicyclic) bond motifs is 3. The Hall–Kier alpha value is -3.59. The summed E-state index contributed by atoms with van der Waals surface area (Å²) < 4.78 is 53.1. The molecule has 1 atom stereocenters. The van der Waals surface area contributed by atoms with Crippen molar-refractivity contribution < 1.29 is 27.6 Å². The van der Waals surface area contributed by atoms with E-state index in [4.69, 9.17) is 9.47 Å². The van der Waals surface area contributed by atoms with Gasteiger partial charge >= 0.3 is 0 Å². The molecule has 9 heteroatoms. The predicted molar refractivity (Wildman–Crippen MR) is 112 cm³/mol. The number of nitro groups is 1. The lowest BCUT2D eigenvalue weighted by molar-refractivity contribution is -0.434. The number of rotatable bonds is 3. The summed E-state index contributed by atoms with van der Waals surface area (Å²) in [4.78, 5) is 13.2. The van der Waals surface area contributed by atoms with Crippen LogP contribution in [-0.2, 0) is 4.74 Å². The van der Waals surface area contributed by atoms with E-state index in [1.54, 1.807) is 12.1 Å². The maximum absolute atomic E-state index is 14.5. The molecule has 0 aromatic heterocycles. The number of anilines is 1. The van der Waals surface area contributed by atoms with Crippen LogP contribution in [0.4, 0.5) is 18.9 Å². The minimum Gasteiger partial charge on any atom is -0.473 e. The number of nitrogens with zero attached hydrogens (tertiary/aromatic N) is 2. The molecule has 5 rings (SSSR count). The smallest absolute Gasteiger partial charge is 0.291 e. The molecule has 0 radical (unpaired) electrons. The van der Waals surface area contributed by atoms with Crippen LogP contribution in [0.3, 0.4) is 0 Å². The van der Waals surface area contributed by atoms with Crippen LogP contribution in [-0.4, -0.2) is 31.2 Å². The first-order valence-electron chi connectivity index (χ1n) is 9.99. The molecule has 0 spiro atoms. The first-order chi connectivity index (χ1) is 15.4. The number of ether oxygens (including phenoxy) is 2. The van der Waals surface area contributed by atoms with Crippen molar-refractivity contribution in [3.05, 3.63) is 86.9 Å². The fourth-order valence-electron chi connectivity index (χ4n) is 4.18. The second kappa shape index (κ2) is 7.83. The summed E-state index contributed by atoms with van der Waals surface area (Å²) in [5.41, 5.74) is 0.420. The molecule has 1 fully saturated rings. The quantitative estimate of drug-likeness (QED) is 0.330. The summed E-state index contributed by atoms with van der Waals surface area (Å²) in [6, 6.07) is 10.1. The zero-order valence-electron chi connectivity index (χ0n) is 16.7. The number of hydrogen-bond acceptors (Lipinski definition) is 5. The highest BCUT2D eigenvalue weighted by Gasteiger charge is 2.37. The van der Waals surface area contributed by atoms with E-state index in [0.717, 1.165) is 11.1 Å². The van der Waals surface area contributed by atoms with Crippen molar-refractivity contribution in [2.75, 3.05) is 31.2 Å². The molecule has 0 saturated carbocycles. The van der Waals surface area contributed by atoms with E-state index in [1.165, 1.54) is 6.08 Å². The highest BCUT2D eigenvalue weighted by atomic mass is 19.2. The molecule has 6 nitrogen and oxygen atoms in total. The lowest BCUT2D eigenvalue weighted by atomic mass is 9.96. The van der Waals surface area contributed by atoms with E-state index < -0.39 is 39.7 Å². The first kappa shape index (κ1) is 20.3. The van der Waals surface area contributed by atoms with Crippen molar-refractivity contribution in [1.29, 1.82) is 0 Å². The van der Waals surface area contributed by atoms with Gasteiger partial charge < -0.3 is 14.4 Å². The molecule has 2 aliphatic rings. The summed E-state index contributed by atoms with van der Waals surface area (Å²) in [7, 11) is 0. The van der Waals surface area contributed by atoms with Crippen LogP contribution in [0.5, 0.6) is 5.75 Å². The van der Waals surface area contributed by atoms with Crippen LogP contribution < -0.4 is 9.64 Å². The van der Waals surface area contributed by atoms with Gasteiger partial charge in [-0.25, -0.2) is 13.2 Å². The number of benzene rings is 3. The SMILES string of the molecule is O=[N+]([O-])C1=Cc2cc(N3CCOCC3)c3ccccc3c2OC1c1cc(F)c(F)cc1F. The fourth-order valence-corrected chi connectivity index (χ4v) is 4.18. The Labute approximate surface area is 180 Å². The van der Waals surface area contributed by atoms with Crippen LogP contribution in [0.2, 0.25) is 0 Å². The Morgan fingerprint density at radius 1 is 0.969 bits per heavy atom. The molecule has 3 aromatic carbocycles. The minimum absolute atomic E-state index is 0.317. The molecule has 1 saturated heterocycles. The van der Waals surface area contributed by atoms with Crippen molar-refractivity contribution in [3.63, 3.8) is 0 Å². The van der Waals surface area contributed by atoms with Crippen molar-refractivity contribution in [2.24, 2.45) is 0 Å². The molecule has 32 heavy (non-hydrogen) atoms. The molecule has 2 aliphatic heterocycles. The van der Waals surface area contributed by atoms with E-state index in [1.807, 2.05) is 18.2 Å². The van der Waals surface area contributed by atoms with Gasteiger partial charge in [-0.15, -0.1) is 0 Å². The fraction of sp³-hybridized carbons (Fsp3) is 0.217. The Morgan fingerprint density at radius 2 is 1.66 bits per heavy atom. The Balaban J connectivity index is 1.70. The minimum atomic E-state index is -1.54. The van der Waals surface area contributed by atoms with Gasteiger partial charge in [-0.3, -0.25) is 10.1 Å². The number of hydrogen-bond donors (Lipinski definition) is 0. The third kappa shape index (κ3) is 3.34. The summed E-state index contributed by atoms with van der Waals surface area (Å²) in [6.07, 6.45) is -0.231. The van der Waals surface area contributed by atoms with Crippen molar-refractivity contribution in [2.45, 2.75) is 6.10 Å². The van der Waals surface area contributed by atoms with E-state index in [0.29, 0.717) is 55.1 Å². The lowest BCUT2D eigenvalue weighted by Crippen LogP contribution is -2.36. The molecule has 0 amide bonds. The number of halogens is 3. The maximum atomic E-state index is 14.5. The Bertz CT molecular complexity index is 1270. The van der Waals surface area contributed by atoms with Gasteiger partial charge in [0.05, 0.1) is 18.1 Å². The van der Waals surface area contributed by atoms with Crippen LogP contribution in [0.15, 0.2) is 48.2 Å². The van der Waals surface area contributed by atoms with Gasteiger partial charge in [0.15, 0.2) is 11.6 Å². The first-order valence-corrected chi connectivity index (χ1v) is 9.99. The largest absolute Gasteiger partial charge is 0.473 e. The zero-order chi connectivity index (χ0) is 22.4. The van der Waals surface area contributed by atoms with Gasteiger partial charge in [0, 0.05) is 52.8 Å².